The van der Waals surface area contributed by atoms with E-state index in [1.165, 1.54) is 11.7 Å². The average molecular weight is 432 g/mol. The minimum atomic E-state index is -0.0701. The van der Waals surface area contributed by atoms with E-state index in [0.717, 1.165) is 47.3 Å². The molecule has 0 spiro atoms. The summed E-state index contributed by atoms with van der Waals surface area (Å²) in [7, 11) is 0. The molecule has 10 heteroatoms. The highest BCUT2D eigenvalue weighted by Crippen LogP contribution is 2.19. The smallest absolute Gasteiger partial charge is 0.276 e. The third-order valence-corrected chi connectivity index (χ3v) is 6.27. The molecule has 3 heterocycles. The Morgan fingerprint density at radius 1 is 1.10 bits per heavy atom. The number of carbonyl (C=O) groups is 1. The van der Waals surface area contributed by atoms with Crippen molar-refractivity contribution in [1.29, 1.82) is 0 Å². The van der Waals surface area contributed by atoms with Gasteiger partial charge < -0.3 is 4.90 Å². The maximum atomic E-state index is 13.0. The number of halogens is 1. The van der Waals surface area contributed by atoms with Crippen molar-refractivity contribution in [3.8, 4) is 0 Å². The molecule has 0 atom stereocenters. The van der Waals surface area contributed by atoms with Crippen LogP contribution in [-0.2, 0) is 13.1 Å². The number of rotatable bonds is 5. The summed E-state index contributed by atoms with van der Waals surface area (Å²) in [6.07, 6.45) is 0. The molecule has 3 aromatic rings. The minimum Gasteiger partial charge on any atom is -0.335 e. The van der Waals surface area contributed by atoms with Crippen molar-refractivity contribution >= 4 is 29.2 Å². The molecule has 0 radical (unpaired) electrons. The van der Waals surface area contributed by atoms with Crippen LogP contribution in [0.2, 0.25) is 5.02 Å². The molecule has 1 saturated heterocycles. The molecule has 1 aliphatic rings. The van der Waals surface area contributed by atoms with Gasteiger partial charge in [0.25, 0.3) is 5.91 Å². The van der Waals surface area contributed by atoms with Crippen LogP contribution >= 0.6 is 23.3 Å². The highest BCUT2D eigenvalue weighted by molar-refractivity contribution is 6.99. The highest BCUT2D eigenvalue weighted by Gasteiger charge is 2.26. The van der Waals surface area contributed by atoms with Crippen molar-refractivity contribution in [2.24, 2.45) is 0 Å². The molecule has 0 saturated carbocycles. The monoisotopic (exact) mass is 431 g/mol. The fourth-order valence-corrected chi connectivity index (χ4v) is 4.12. The minimum absolute atomic E-state index is 0.0701. The predicted molar refractivity (Wildman–Crippen MR) is 111 cm³/mol. The first-order valence-electron chi connectivity index (χ1n) is 9.46. The zero-order valence-corrected chi connectivity index (χ0v) is 17.9. The molecule has 4 rings (SSSR count). The largest absolute Gasteiger partial charge is 0.335 e. The molecule has 8 nitrogen and oxygen atoms in total. The van der Waals surface area contributed by atoms with E-state index in [-0.39, 0.29) is 5.91 Å². The van der Waals surface area contributed by atoms with E-state index in [2.05, 4.69) is 24.0 Å². The van der Waals surface area contributed by atoms with Crippen molar-refractivity contribution < 1.29 is 4.79 Å². The lowest BCUT2D eigenvalue weighted by molar-refractivity contribution is 0.0622. The summed E-state index contributed by atoms with van der Waals surface area (Å²) in [5.41, 5.74) is 4.01. The van der Waals surface area contributed by atoms with Crippen LogP contribution in [0.4, 0.5) is 0 Å². The van der Waals surface area contributed by atoms with E-state index in [0.29, 0.717) is 25.3 Å². The lowest BCUT2D eigenvalue weighted by atomic mass is 10.2. The number of piperazine rings is 1. The summed E-state index contributed by atoms with van der Waals surface area (Å²) in [4.78, 5) is 17.1. The van der Waals surface area contributed by atoms with Gasteiger partial charge in [-0.3, -0.25) is 9.69 Å². The molecule has 152 valence electrons. The number of amides is 1. The van der Waals surface area contributed by atoms with E-state index in [1.807, 2.05) is 43.0 Å². The Labute approximate surface area is 178 Å². The molecular formula is C19H22ClN7OS. The van der Waals surface area contributed by atoms with Gasteiger partial charge in [0.1, 0.15) is 0 Å². The van der Waals surface area contributed by atoms with Crippen LogP contribution in [0, 0.1) is 13.8 Å². The lowest BCUT2D eigenvalue weighted by Gasteiger charge is -2.34. The van der Waals surface area contributed by atoms with Crippen molar-refractivity contribution in [2.45, 2.75) is 26.9 Å². The number of nitrogens with zero attached hydrogens (tertiary/aromatic N) is 7. The second-order valence-electron chi connectivity index (χ2n) is 7.14. The van der Waals surface area contributed by atoms with Crippen LogP contribution in [0.25, 0.3) is 0 Å². The second kappa shape index (κ2) is 8.56. The first-order valence-corrected chi connectivity index (χ1v) is 10.6. The maximum Gasteiger partial charge on any atom is 0.276 e. The number of hydrogen-bond acceptors (Lipinski definition) is 7. The van der Waals surface area contributed by atoms with E-state index in [4.69, 9.17) is 11.6 Å². The van der Waals surface area contributed by atoms with Crippen LogP contribution in [0.1, 0.15) is 33.1 Å². The SMILES string of the molecule is Cc1nsnc1Cn1nnc(C(=O)N2CCN(Cc3ccccc3Cl)CC2)c1C. The van der Waals surface area contributed by atoms with Gasteiger partial charge in [0.15, 0.2) is 5.69 Å². The first kappa shape index (κ1) is 19.9. The van der Waals surface area contributed by atoms with Gasteiger partial charge in [-0.1, -0.05) is 35.0 Å². The van der Waals surface area contributed by atoms with Crippen LogP contribution in [0.5, 0.6) is 0 Å². The number of hydrogen-bond donors (Lipinski definition) is 0. The average Bonchev–Trinajstić information content (AvgIpc) is 3.30. The van der Waals surface area contributed by atoms with Crippen molar-refractivity contribution in [3.05, 3.63) is 57.6 Å². The summed E-state index contributed by atoms with van der Waals surface area (Å²) >= 11 is 7.45. The summed E-state index contributed by atoms with van der Waals surface area (Å²) in [5.74, 6) is -0.0701. The fourth-order valence-electron chi connectivity index (χ4n) is 3.37. The predicted octanol–water partition coefficient (Wildman–Crippen LogP) is 2.41. The number of aromatic nitrogens is 5. The zero-order valence-electron chi connectivity index (χ0n) is 16.4. The molecule has 1 aromatic carbocycles. The van der Waals surface area contributed by atoms with Gasteiger partial charge in [-0.25, -0.2) is 4.68 Å². The summed E-state index contributed by atoms with van der Waals surface area (Å²) in [6.45, 7) is 7.96. The van der Waals surface area contributed by atoms with Crippen LogP contribution in [-0.4, -0.2) is 65.6 Å². The Bertz CT molecular complexity index is 1010. The first-order chi connectivity index (χ1) is 14.0. The van der Waals surface area contributed by atoms with Gasteiger partial charge in [0.05, 0.1) is 35.4 Å². The molecular weight excluding hydrogens is 410 g/mol. The molecule has 1 fully saturated rings. The van der Waals surface area contributed by atoms with Gasteiger partial charge in [-0.05, 0) is 25.5 Å². The molecule has 0 aliphatic carbocycles. The second-order valence-corrected chi connectivity index (χ2v) is 8.07. The van der Waals surface area contributed by atoms with Crippen molar-refractivity contribution in [2.75, 3.05) is 26.2 Å². The standard InChI is InChI=1S/C19H22ClN7OS/c1-13-17(23-29-22-13)12-27-14(2)18(21-24-27)19(28)26-9-7-25(8-10-26)11-15-5-3-4-6-16(15)20/h3-6H,7-12H2,1-2H3. The fraction of sp³-hybridized carbons (Fsp3) is 0.421. The van der Waals surface area contributed by atoms with Crippen LogP contribution in [0.3, 0.4) is 0 Å². The topological polar surface area (TPSA) is 80.0 Å². The quantitative estimate of drug-likeness (QED) is 0.617. The summed E-state index contributed by atoms with van der Waals surface area (Å²) in [5, 5.41) is 9.09. The van der Waals surface area contributed by atoms with Gasteiger partial charge in [0.2, 0.25) is 0 Å². The number of benzene rings is 1. The van der Waals surface area contributed by atoms with Crippen LogP contribution < -0.4 is 0 Å². The Morgan fingerprint density at radius 2 is 1.86 bits per heavy atom. The van der Waals surface area contributed by atoms with E-state index in [1.54, 1.807) is 4.68 Å². The van der Waals surface area contributed by atoms with Crippen LogP contribution in [0.15, 0.2) is 24.3 Å². The molecule has 1 aliphatic heterocycles. The molecule has 1 amide bonds. The van der Waals surface area contributed by atoms with Gasteiger partial charge in [0, 0.05) is 37.7 Å². The Kier molecular flexibility index (Phi) is 5.89. The van der Waals surface area contributed by atoms with E-state index >= 15 is 0 Å². The Hall–Kier alpha value is -2.36. The molecule has 29 heavy (non-hydrogen) atoms. The van der Waals surface area contributed by atoms with Crippen molar-refractivity contribution in [3.63, 3.8) is 0 Å². The van der Waals surface area contributed by atoms with Gasteiger partial charge in [-0.2, -0.15) is 8.75 Å². The summed E-state index contributed by atoms with van der Waals surface area (Å²) in [6, 6.07) is 7.88. The number of aryl methyl sites for hydroxylation is 1. The highest BCUT2D eigenvalue weighted by atomic mass is 35.5. The molecule has 0 unspecified atom stereocenters. The zero-order chi connectivity index (χ0) is 20.4. The number of carbonyl (C=O) groups excluding carboxylic acids is 1. The Balaban J connectivity index is 1.37. The third-order valence-electron chi connectivity index (χ3n) is 5.24. The summed E-state index contributed by atoms with van der Waals surface area (Å²) < 4.78 is 10.2. The Morgan fingerprint density at radius 3 is 2.55 bits per heavy atom. The molecule has 0 bridgehead atoms. The van der Waals surface area contributed by atoms with Gasteiger partial charge >= 0.3 is 0 Å². The molecule has 0 N–H and O–H groups in total. The van der Waals surface area contributed by atoms with Crippen molar-refractivity contribution in [1.82, 2.24) is 33.5 Å². The molecule has 2 aromatic heterocycles. The van der Waals surface area contributed by atoms with Gasteiger partial charge in [-0.15, -0.1) is 5.10 Å². The van der Waals surface area contributed by atoms with E-state index in [9.17, 15) is 4.79 Å². The third kappa shape index (κ3) is 4.31. The van der Waals surface area contributed by atoms with E-state index < -0.39 is 0 Å². The normalized spacial score (nSPS) is 15.1. The maximum absolute atomic E-state index is 13.0. The lowest BCUT2D eigenvalue weighted by Crippen LogP contribution is -2.48.